The van der Waals surface area contributed by atoms with Gasteiger partial charge in [0.25, 0.3) is 0 Å². The molecular formula is C16H23NO. The number of rotatable bonds is 3. The second-order valence-electron chi connectivity index (χ2n) is 6.24. The van der Waals surface area contributed by atoms with Crippen LogP contribution in [0.4, 0.5) is 0 Å². The van der Waals surface area contributed by atoms with Gasteiger partial charge in [-0.25, -0.2) is 0 Å². The highest BCUT2D eigenvalue weighted by Crippen LogP contribution is 2.48. The molecule has 2 aliphatic rings. The second kappa shape index (κ2) is 5.02. The number of nitrogens with zero attached hydrogens (tertiary/aromatic N) is 1. The van der Waals surface area contributed by atoms with E-state index < -0.39 is 0 Å². The Hall–Kier alpha value is -0.860. The van der Waals surface area contributed by atoms with E-state index >= 15 is 0 Å². The van der Waals surface area contributed by atoms with Gasteiger partial charge < -0.3 is 5.11 Å². The number of hydrogen-bond acceptors (Lipinski definition) is 2. The molecular weight excluding hydrogens is 222 g/mol. The maximum absolute atomic E-state index is 9.30. The lowest BCUT2D eigenvalue weighted by molar-refractivity contribution is 0.203. The van der Waals surface area contributed by atoms with Crippen LogP contribution in [0.2, 0.25) is 0 Å². The third kappa shape index (κ3) is 2.45. The first kappa shape index (κ1) is 12.2. The predicted molar refractivity (Wildman–Crippen MR) is 73.2 cm³/mol. The van der Waals surface area contributed by atoms with Crippen molar-refractivity contribution in [2.24, 2.45) is 11.3 Å². The van der Waals surface area contributed by atoms with Gasteiger partial charge in [-0.3, -0.25) is 4.90 Å². The summed E-state index contributed by atoms with van der Waals surface area (Å²) in [6.45, 7) is 3.94. The predicted octanol–water partition coefficient (Wildman–Crippen LogP) is 2.67. The van der Waals surface area contributed by atoms with E-state index in [1.807, 2.05) is 0 Å². The molecule has 98 valence electrons. The Balaban J connectivity index is 1.59. The second-order valence-corrected chi connectivity index (χ2v) is 6.24. The molecule has 1 saturated heterocycles. The average Bonchev–Trinajstić information content (AvgIpc) is 2.99. The molecule has 1 spiro atoms. The van der Waals surface area contributed by atoms with E-state index in [0.29, 0.717) is 17.9 Å². The van der Waals surface area contributed by atoms with Crippen molar-refractivity contribution in [3.8, 4) is 0 Å². The van der Waals surface area contributed by atoms with Gasteiger partial charge in [0.15, 0.2) is 0 Å². The van der Waals surface area contributed by atoms with Crippen LogP contribution in [0, 0.1) is 11.3 Å². The summed E-state index contributed by atoms with van der Waals surface area (Å²) in [5.41, 5.74) is 1.95. The van der Waals surface area contributed by atoms with Crippen LogP contribution < -0.4 is 0 Å². The summed E-state index contributed by atoms with van der Waals surface area (Å²) in [7, 11) is 0. The summed E-state index contributed by atoms with van der Waals surface area (Å²) in [5, 5.41) is 9.30. The first-order valence-corrected chi connectivity index (χ1v) is 7.17. The summed E-state index contributed by atoms with van der Waals surface area (Å²) in [6.07, 6.45) is 5.13. The van der Waals surface area contributed by atoms with Gasteiger partial charge >= 0.3 is 0 Å². The monoisotopic (exact) mass is 245 g/mol. The van der Waals surface area contributed by atoms with Gasteiger partial charge in [0.2, 0.25) is 0 Å². The van der Waals surface area contributed by atoms with Gasteiger partial charge in [-0.2, -0.15) is 0 Å². The standard InChI is InChI=1S/C16H23NO/c18-12-15-6-7-16(10-15)8-9-17(13-16)11-14-4-2-1-3-5-14/h1-5,15,18H,6-13H2/t15-,16+/m1/s1. The SMILES string of the molecule is OC[C@@H]1CC[C@]2(CCN(Cc3ccccc3)C2)C1. The van der Waals surface area contributed by atoms with E-state index in [1.54, 1.807) is 0 Å². The molecule has 1 aliphatic carbocycles. The van der Waals surface area contributed by atoms with Crippen molar-refractivity contribution in [1.29, 1.82) is 0 Å². The zero-order valence-corrected chi connectivity index (χ0v) is 11.0. The zero-order chi connectivity index (χ0) is 12.4. The molecule has 1 saturated carbocycles. The third-order valence-corrected chi connectivity index (χ3v) is 4.83. The number of benzene rings is 1. The molecule has 0 unspecified atom stereocenters. The Bertz CT molecular complexity index is 391. The molecule has 18 heavy (non-hydrogen) atoms. The van der Waals surface area contributed by atoms with Crippen molar-refractivity contribution < 1.29 is 5.11 Å². The van der Waals surface area contributed by atoms with Crippen LogP contribution in [0.1, 0.15) is 31.2 Å². The largest absolute Gasteiger partial charge is 0.396 e. The maximum atomic E-state index is 9.30. The third-order valence-electron chi connectivity index (χ3n) is 4.83. The summed E-state index contributed by atoms with van der Waals surface area (Å²) in [4.78, 5) is 2.59. The highest BCUT2D eigenvalue weighted by molar-refractivity contribution is 5.15. The van der Waals surface area contributed by atoms with E-state index in [0.717, 1.165) is 6.54 Å². The fourth-order valence-electron chi connectivity index (χ4n) is 3.86. The molecule has 1 aromatic rings. The van der Waals surface area contributed by atoms with Crippen LogP contribution in [0.15, 0.2) is 30.3 Å². The van der Waals surface area contributed by atoms with E-state index in [4.69, 9.17) is 0 Å². The average molecular weight is 245 g/mol. The first-order valence-electron chi connectivity index (χ1n) is 7.17. The van der Waals surface area contributed by atoms with Crippen molar-refractivity contribution in [2.75, 3.05) is 19.7 Å². The molecule has 2 heteroatoms. The maximum Gasteiger partial charge on any atom is 0.0459 e. The molecule has 3 rings (SSSR count). The van der Waals surface area contributed by atoms with E-state index in [9.17, 15) is 5.11 Å². The molecule has 1 N–H and O–H groups in total. The highest BCUT2D eigenvalue weighted by Gasteiger charge is 2.43. The molecule has 2 nitrogen and oxygen atoms in total. The summed E-state index contributed by atoms with van der Waals surface area (Å²) < 4.78 is 0. The Labute approximate surface area is 110 Å². The minimum absolute atomic E-state index is 0.389. The van der Waals surface area contributed by atoms with Crippen molar-refractivity contribution >= 4 is 0 Å². The Kier molecular flexibility index (Phi) is 3.40. The zero-order valence-electron chi connectivity index (χ0n) is 11.0. The van der Waals surface area contributed by atoms with Crippen LogP contribution in [0.5, 0.6) is 0 Å². The quantitative estimate of drug-likeness (QED) is 0.885. The number of aliphatic hydroxyl groups excluding tert-OH is 1. The molecule has 0 aromatic heterocycles. The van der Waals surface area contributed by atoms with Gasteiger partial charge in [0.05, 0.1) is 0 Å². The Morgan fingerprint density at radius 2 is 2.06 bits per heavy atom. The molecule has 1 aliphatic heterocycles. The lowest BCUT2D eigenvalue weighted by Crippen LogP contribution is -2.25. The van der Waals surface area contributed by atoms with Crippen molar-refractivity contribution in [3.05, 3.63) is 35.9 Å². The minimum atomic E-state index is 0.389. The van der Waals surface area contributed by atoms with E-state index in [1.165, 1.54) is 44.3 Å². The molecule has 2 atom stereocenters. The van der Waals surface area contributed by atoms with Gasteiger partial charge in [-0.05, 0) is 49.1 Å². The number of hydrogen-bond donors (Lipinski definition) is 1. The fourth-order valence-corrected chi connectivity index (χ4v) is 3.86. The molecule has 1 heterocycles. The van der Waals surface area contributed by atoms with Crippen LogP contribution in [0.3, 0.4) is 0 Å². The fraction of sp³-hybridized carbons (Fsp3) is 0.625. The summed E-state index contributed by atoms with van der Waals surface area (Å²) in [6, 6.07) is 10.8. The van der Waals surface area contributed by atoms with Crippen molar-refractivity contribution in [3.63, 3.8) is 0 Å². The molecule has 0 amide bonds. The molecule has 2 fully saturated rings. The Morgan fingerprint density at radius 1 is 1.22 bits per heavy atom. The molecule has 1 aromatic carbocycles. The minimum Gasteiger partial charge on any atom is -0.396 e. The molecule has 0 bridgehead atoms. The number of likely N-dealkylation sites (tertiary alicyclic amines) is 1. The van der Waals surface area contributed by atoms with Gasteiger partial charge in [0.1, 0.15) is 0 Å². The van der Waals surface area contributed by atoms with Crippen LogP contribution in [-0.4, -0.2) is 29.7 Å². The molecule has 0 radical (unpaired) electrons. The number of aliphatic hydroxyl groups is 1. The van der Waals surface area contributed by atoms with Crippen LogP contribution in [-0.2, 0) is 6.54 Å². The highest BCUT2D eigenvalue weighted by atomic mass is 16.3. The van der Waals surface area contributed by atoms with E-state index in [-0.39, 0.29) is 0 Å². The topological polar surface area (TPSA) is 23.5 Å². The smallest absolute Gasteiger partial charge is 0.0459 e. The normalized spacial score (nSPS) is 32.4. The Morgan fingerprint density at radius 3 is 2.78 bits per heavy atom. The van der Waals surface area contributed by atoms with Crippen LogP contribution >= 0.6 is 0 Å². The summed E-state index contributed by atoms with van der Waals surface area (Å²) >= 11 is 0. The van der Waals surface area contributed by atoms with E-state index in [2.05, 4.69) is 35.2 Å². The lowest BCUT2D eigenvalue weighted by atomic mass is 9.84. The van der Waals surface area contributed by atoms with Gasteiger partial charge in [0, 0.05) is 19.7 Å². The summed E-state index contributed by atoms with van der Waals surface area (Å²) in [5.74, 6) is 0.571. The van der Waals surface area contributed by atoms with Gasteiger partial charge in [-0.1, -0.05) is 30.3 Å². The van der Waals surface area contributed by atoms with Crippen molar-refractivity contribution in [1.82, 2.24) is 4.90 Å². The van der Waals surface area contributed by atoms with Crippen LogP contribution in [0.25, 0.3) is 0 Å². The van der Waals surface area contributed by atoms with Crippen molar-refractivity contribution in [2.45, 2.75) is 32.2 Å². The first-order chi connectivity index (χ1) is 8.80. The van der Waals surface area contributed by atoms with Gasteiger partial charge in [-0.15, -0.1) is 0 Å². The lowest BCUT2D eigenvalue weighted by Gasteiger charge is -2.24.